The monoisotopic (exact) mass is 328 g/mol. The van der Waals surface area contributed by atoms with Gasteiger partial charge in [0.2, 0.25) is 0 Å². The summed E-state index contributed by atoms with van der Waals surface area (Å²) in [5.74, 6) is -0.530. The van der Waals surface area contributed by atoms with Crippen LogP contribution in [-0.2, 0) is 14.6 Å². The lowest BCUT2D eigenvalue weighted by Gasteiger charge is -2.18. The third kappa shape index (κ3) is 3.62. The number of methoxy groups -OCH3 is 1. The standard InChI is InChI=1S/C13H16N2O4S2/c1-13(2,3)21(17,18)9(7-14)8-15-10-5-6-20-11(10)12(16)19-4/h5-6,8,15H,1-4H3/b9-8+. The smallest absolute Gasteiger partial charge is 0.350 e. The number of hydrogen-bond acceptors (Lipinski definition) is 7. The van der Waals surface area contributed by atoms with Crippen molar-refractivity contribution in [1.29, 1.82) is 5.26 Å². The first-order valence-electron chi connectivity index (χ1n) is 5.92. The Kier molecular flexibility index (Phi) is 5.15. The van der Waals surface area contributed by atoms with Gasteiger partial charge in [-0.1, -0.05) is 0 Å². The highest BCUT2D eigenvalue weighted by Gasteiger charge is 2.33. The molecule has 0 saturated carbocycles. The predicted molar refractivity (Wildman–Crippen MR) is 81.7 cm³/mol. The Bertz CT molecular complexity index is 703. The minimum atomic E-state index is -3.76. The second-order valence-electron chi connectivity index (χ2n) is 5.04. The van der Waals surface area contributed by atoms with Crippen LogP contribution in [0, 0.1) is 11.3 Å². The van der Waals surface area contributed by atoms with Crippen LogP contribution in [0.1, 0.15) is 30.4 Å². The lowest BCUT2D eigenvalue weighted by Crippen LogP contribution is -2.29. The van der Waals surface area contributed by atoms with E-state index in [9.17, 15) is 13.2 Å². The number of anilines is 1. The fraction of sp³-hybridized carbons (Fsp3) is 0.385. The summed E-state index contributed by atoms with van der Waals surface area (Å²) in [5, 5.41) is 13.4. The number of ether oxygens (including phenoxy) is 1. The van der Waals surface area contributed by atoms with Gasteiger partial charge in [0.15, 0.2) is 14.7 Å². The van der Waals surface area contributed by atoms with Crippen molar-refractivity contribution >= 4 is 32.8 Å². The highest BCUT2D eigenvalue weighted by Crippen LogP contribution is 2.26. The van der Waals surface area contributed by atoms with Gasteiger partial charge < -0.3 is 10.1 Å². The van der Waals surface area contributed by atoms with Crippen molar-refractivity contribution in [2.45, 2.75) is 25.5 Å². The van der Waals surface area contributed by atoms with Gasteiger partial charge in [0.25, 0.3) is 0 Å². The first-order valence-corrected chi connectivity index (χ1v) is 8.28. The molecular weight excluding hydrogens is 312 g/mol. The molecule has 1 heterocycles. The van der Waals surface area contributed by atoms with Crippen LogP contribution < -0.4 is 5.32 Å². The van der Waals surface area contributed by atoms with Crippen LogP contribution in [0.3, 0.4) is 0 Å². The van der Waals surface area contributed by atoms with Crippen LogP contribution in [0.5, 0.6) is 0 Å². The molecule has 0 aromatic carbocycles. The Morgan fingerprint density at radius 1 is 1.48 bits per heavy atom. The molecular formula is C13H16N2O4S2. The molecule has 114 valence electrons. The quantitative estimate of drug-likeness (QED) is 0.674. The van der Waals surface area contributed by atoms with Crippen LogP contribution >= 0.6 is 11.3 Å². The van der Waals surface area contributed by atoms with E-state index in [1.165, 1.54) is 27.9 Å². The Balaban J connectivity index is 3.13. The summed E-state index contributed by atoms with van der Waals surface area (Å²) in [6.45, 7) is 4.54. The lowest BCUT2D eigenvalue weighted by molar-refractivity contribution is 0.0607. The molecule has 0 atom stereocenters. The molecule has 0 aliphatic carbocycles. The normalized spacial score (nSPS) is 12.6. The van der Waals surface area contributed by atoms with Crippen molar-refractivity contribution in [3.8, 4) is 6.07 Å². The predicted octanol–water partition coefficient (Wildman–Crippen LogP) is 2.52. The summed E-state index contributed by atoms with van der Waals surface area (Å²) < 4.78 is 27.9. The average Bonchev–Trinajstić information content (AvgIpc) is 2.85. The Labute approximate surface area is 128 Å². The second kappa shape index (κ2) is 6.28. The van der Waals surface area contributed by atoms with Crippen molar-refractivity contribution in [3.05, 3.63) is 27.4 Å². The molecule has 1 rings (SSSR count). The largest absolute Gasteiger partial charge is 0.465 e. The van der Waals surface area contributed by atoms with Crippen LogP contribution in [0.4, 0.5) is 5.69 Å². The van der Waals surface area contributed by atoms with Gasteiger partial charge in [0.05, 0.1) is 17.5 Å². The third-order valence-electron chi connectivity index (χ3n) is 2.60. The number of rotatable bonds is 4. The van der Waals surface area contributed by atoms with E-state index in [1.54, 1.807) is 17.5 Å². The zero-order chi connectivity index (χ0) is 16.3. The van der Waals surface area contributed by atoms with Gasteiger partial charge in [0, 0.05) is 6.20 Å². The van der Waals surface area contributed by atoms with E-state index in [1.807, 2.05) is 0 Å². The number of thiophene rings is 1. The number of carbonyl (C=O) groups excluding carboxylic acids is 1. The number of nitriles is 1. The third-order valence-corrected chi connectivity index (χ3v) is 5.90. The average molecular weight is 328 g/mol. The van der Waals surface area contributed by atoms with Gasteiger partial charge in [-0.25, -0.2) is 13.2 Å². The number of carbonyl (C=O) groups is 1. The number of allylic oxidation sites excluding steroid dienone is 1. The minimum absolute atomic E-state index is 0.305. The molecule has 21 heavy (non-hydrogen) atoms. The Morgan fingerprint density at radius 3 is 2.57 bits per heavy atom. The molecule has 1 aromatic heterocycles. The van der Waals surface area contributed by atoms with E-state index >= 15 is 0 Å². The highest BCUT2D eigenvalue weighted by molar-refractivity contribution is 7.96. The van der Waals surface area contributed by atoms with Gasteiger partial charge in [-0.15, -0.1) is 11.3 Å². The van der Waals surface area contributed by atoms with E-state index in [0.717, 1.165) is 17.5 Å². The van der Waals surface area contributed by atoms with Crippen molar-refractivity contribution in [2.24, 2.45) is 0 Å². The van der Waals surface area contributed by atoms with Crippen LogP contribution in [-0.4, -0.2) is 26.2 Å². The van der Waals surface area contributed by atoms with Gasteiger partial charge in [0.1, 0.15) is 10.9 Å². The van der Waals surface area contributed by atoms with E-state index < -0.39 is 25.5 Å². The topological polar surface area (TPSA) is 96.3 Å². The molecule has 0 aliphatic heterocycles. The minimum Gasteiger partial charge on any atom is -0.465 e. The summed E-state index contributed by atoms with van der Waals surface area (Å²) in [6, 6.07) is 3.28. The van der Waals surface area contributed by atoms with Crippen molar-refractivity contribution in [1.82, 2.24) is 0 Å². The molecule has 8 heteroatoms. The number of nitrogens with zero attached hydrogens (tertiary/aromatic N) is 1. The van der Waals surface area contributed by atoms with E-state index in [4.69, 9.17) is 5.26 Å². The maximum absolute atomic E-state index is 12.2. The SMILES string of the molecule is COC(=O)c1sccc1N/C=C(\C#N)S(=O)(=O)C(C)(C)C. The summed E-state index contributed by atoms with van der Waals surface area (Å²) in [7, 11) is -2.50. The van der Waals surface area contributed by atoms with Crippen LogP contribution in [0.15, 0.2) is 22.6 Å². The Morgan fingerprint density at radius 2 is 2.10 bits per heavy atom. The molecule has 0 unspecified atom stereocenters. The van der Waals surface area contributed by atoms with Gasteiger partial charge >= 0.3 is 5.97 Å². The molecule has 0 spiro atoms. The zero-order valence-corrected chi connectivity index (χ0v) is 13.8. The van der Waals surface area contributed by atoms with Gasteiger partial charge in [-0.3, -0.25) is 0 Å². The van der Waals surface area contributed by atoms with Crippen molar-refractivity contribution < 1.29 is 17.9 Å². The highest BCUT2D eigenvalue weighted by atomic mass is 32.2. The maximum Gasteiger partial charge on any atom is 0.350 e. The van der Waals surface area contributed by atoms with E-state index in [2.05, 4.69) is 10.1 Å². The number of hydrogen-bond donors (Lipinski definition) is 1. The van der Waals surface area contributed by atoms with E-state index in [-0.39, 0.29) is 0 Å². The van der Waals surface area contributed by atoms with Gasteiger partial charge in [-0.2, -0.15) is 5.26 Å². The Hall–Kier alpha value is -1.85. The van der Waals surface area contributed by atoms with Crippen molar-refractivity contribution in [3.63, 3.8) is 0 Å². The summed E-state index contributed by atoms with van der Waals surface area (Å²) in [5.41, 5.74) is 0.392. The summed E-state index contributed by atoms with van der Waals surface area (Å²) in [4.78, 5) is 11.4. The van der Waals surface area contributed by atoms with Crippen LogP contribution in [0.2, 0.25) is 0 Å². The summed E-state index contributed by atoms with van der Waals surface area (Å²) >= 11 is 1.16. The number of esters is 1. The molecule has 0 aliphatic rings. The number of sulfone groups is 1. The maximum atomic E-state index is 12.2. The summed E-state index contributed by atoms with van der Waals surface area (Å²) in [6.07, 6.45) is 1.09. The molecule has 0 fully saturated rings. The van der Waals surface area contributed by atoms with Crippen LogP contribution in [0.25, 0.3) is 0 Å². The fourth-order valence-electron chi connectivity index (χ4n) is 1.32. The number of nitrogens with one attached hydrogen (secondary N) is 1. The lowest BCUT2D eigenvalue weighted by atomic mass is 10.3. The molecule has 0 bridgehead atoms. The molecule has 0 radical (unpaired) electrons. The molecule has 1 aromatic rings. The fourth-order valence-corrected chi connectivity index (χ4v) is 3.08. The first kappa shape index (κ1) is 17.2. The molecule has 0 saturated heterocycles. The molecule has 6 nitrogen and oxygen atoms in total. The molecule has 1 N–H and O–H groups in total. The second-order valence-corrected chi connectivity index (χ2v) is 8.62. The zero-order valence-electron chi connectivity index (χ0n) is 12.1. The van der Waals surface area contributed by atoms with Crippen molar-refractivity contribution in [2.75, 3.05) is 12.4 Å². The first-order chi connectivity index (χ1) is 9.65. The van der Waals surface area contributed by atoms with E-state index in [0.29, 0.717) is 10.6 Å². The van der Waals surface area contributed by atoms with Gasteiger partial charge in [-0.05, 0) is 32.2 Å². The molecule has 0 amide bonds.